The number of amides is 1. The number of carboxylic acids is 1. The van der Waals surface area contributed by atoms with Gasteiger partial charge in [-0.2, -0.15) is 0 Å². The first-order valence-electron chi connectivity index (χ1n) is 5.81. The van der Waals surface area contributed by atoms with Gasteiger partial charge in [-0.15, -0.1) is 0 Å². The molecule has 0 aromatic carbocycles. The summed E-state index contributed by atoms with van der Waals surface area (Å²) in [7, 11) is 0. The van der Waals surface area contributed by atoms with Gasteiger partial charge in [0, 0.05) is 12.1 Å². The number of aromatic carboxylic acids is 1. The summed E-state index contributed by atoms with van der Waals surface area (Å²) in [5.74, 6) is -1.17. The Morgan fingerprint density at radius 2 is 2.17 bits per heavy atom. The van der Waals surface area contributed by atoms with Crippen LogP contribution in [0, 0.1) is 5.92 Å². The molecule has 1 aliphatic rings. The molecule has 0 bridgehead atoms. The number of carbonyl (C=O) groups excluding carboxylic acids is 1. The molecule has 94 valence electrons. The molecule has 5 nitrogen and oxygen atoms in total. The van der Waals surface area contributed by atoms with E-state index in [1.54, 1.807) is 0 Å². The highest BCUT2D eigenvalue weighted by molar-refractivity contribution is 5.94. The maximum absolute atomic E-state index is 11.9. The lowest BCUT2D eigenvalue weighted by Crippen LogP contribution is -2.23. The smallest absolute Gasteiger partial charge is 0.337 e. The number of aromatic nitrogens is 1. The van der Waals surface area contributed by atoms with Crippen LogP contribution in [0.25, 0.3) is 0 Å². The maximum Gasteiger partial charge on any atom is 0.337 e. The minimum atomic E-state index is -1.06. The van der Waals surface area contributed by atoms with Crippen molar-refractivity contribution in [3.63, 3.8) is 0 Å². The van der Waals surface area contributed by atoms with E-state index in [4.69, 9.17) is 5.11 Å². The molecule has 2 N–H and O–H groups in total. The Bertz CT molecular complexity index is 497. The lowest BCUT2D eigenvalue weighted by molar-refractivity contribution is -0.120. The number of nitrogens with one attached hydrogen (secondary N) is 1. The Kier molecular flexibility index (Phi) is 3.72. The van der Waals surface area contributed by atoms with Crippen LogP contribution in [0.4, 0.5) is 5.69 Å². The first kappa shape index (κ1) is 12.3. The Morgan fingerprint density at radius 1 is 1.33 bits per heavy atom. The zero-order chi connectivity index (χ0) is 13.0. The van der Waals surface area contributed by atoms with Crippen LogP contribution in [0.15, 0.2) is 30.6 Å². The Balaban J connectivity index is 2.04. The molecule has 1 atom stereocenters. The van der Waals surface area contributed by atoms with E-state index >= 15 is 0 Å². The van der Waals surface area contributed by atoms with E-state index in [1.165, 1.54) is 18.5 Å². The summed E-state index contributed by atoms with van der Waals surface area (Å²) in [5.41, 5.74) is 0.491. The van der Waals surface area contributed by atoms with Crippen LogP contribution in [0.5, 0.6) is 0 Å². The molecule has 1 aromatic heterocycles. The molecule has 1 unspecified atom stereocenters. The fraction of sp³-hybridized carbons (Fsp3) is 0.308. The van der Waals surface area contributed by atoms with Crippen LogP contribution in [0.1, 0.15) is 29.6 Å². The molecule has 0 saturated carbocycles. The van der Waals surface area contributed by atoms with Crippen molar-refractivity contribution in [1.29, 1.82) is 0 Å². The summed E-state index contributed by atoms with van der Waals surface area (Å²) in [4.78, 5) is 26.5. The highest BCUT2D eigenvalue weighted by Crippen LogP contribution is 2.20. The van der Waals surface area contributed by atoms with Crippen LogP contribution in [0.3, 0.4) is 0 Å². The van der Waals surface area contributed by atoms with E-state index in [0.717, 1.165) is 19.3 Å². The molecule has 1 heterocycles. The summed E-state index contributed by atoms with van der Waals surface area (Å²) < 4.78 is 0. The standard InChI is InChI=1S/C13H14N2O3/c16-12(9-4-2-1-3-5-9)15-11-6-10(13(17)18)7-14-8-11/h1-2,6-9H,3-5H2,(H,15,16)(H,17,18). The molecule has 0 spiro atoms. The van der Waals surface area contributed by atoms with Crippen molar-refractivity contribution < 1.29 is 14.7 Å². The van der Waals surface area contributed by atoms with Crippen LogP contribution < -0.4 is 5.32 Å². The maximum atomic E-state index is 11.9. The Labute approximate surface area is 105 Å². The van der Waals surface area contributed by atoms with Gasteiger partial charge in [0.25, 0.3) is 0 Å². The summed E-state index contributed by atoms with van der Waals surface area (Å²) in [5, 5.41) is 11.5. The van der Waals surface area contributed by atoms with E-state index in [9.17, 15) is 9.59 Å². The van der Waals surface area contributed by atoms with Crippen molar-refractivity contribution in [1.82, 2.24) is 4.98 Å². The van der Waals surface area contributed by atoms with Gasteiger partial charge in [0.15, 0.2) is 0 Å². The summed E-state index contributed by atoms with van der Waals surface area (Å²) in [6, 6.07) is 1.41. The number of carboxylic acid groups (broad SMARTS) is 1. The second-order valence-corrected chi connectivity index (χ2v) is 4.24. The van der Waals surface area contributed by atoms with E-state index in [0.29, 0.717) is 5.69 Å². The third kappa shape index (κ3) is 2.94. The number of carbonyl (C=O) groups is 2. The molecule has 2 rings (SSSR count). The number of rotatable bonds is 3. The van der Waals surface area contributed by atoms with Crippen LogP contribution in [0.2, 0.25) is 0 Å². The SMILES string of the molecule is O=C(O)c1cncc(NC(=O)C2CC=CCC2)c1. The number of anilines is 1. The molecule has 0 fully saturated rings. The van der Waals surface area contributed by atoms with Crippen molar-refractivity contribution in [3.05, 3.63) is 36.2 Å². The Morgan fingerprint density at radius 3 is 2.83 bits per heavy atom. The van der Waals surface area contributed by atoms with Crippen molar-refractivity contribution in [2.24, 2.45) is 5.92 Å². The monoisotopic (exact) mass is 246 g/mol. The van der Waals surface area contributed by atoms with E-state index in [2.05, 4.69) is 16.4 Å². The topological polar surface area (TPSA) is 79.3 Å². The van der Waals surface area contributed by atoms with Crippen LogP contribution in [-0.2, 0) is 4.79 Å². The minimum absolute atomic E-state index is 0.0384. The lowest BCUT2D eigenvalue weighted by atomic mass is 9.93. The second kappa shape index (κ2) is 5.44. The van der Waals surface area contributed by atoms with Gasteiger partial charge in [-0.3, -0.25) is 9.78 Å². The first-order valence-corrected chi connectivity index (χ1v) is 5.81. The molecule has 1 aliphatic carbocycles. The van der Waals surface area contributed by atoms with E-state index in [1.807, 2.05) is 6.08 Å². The van der Waals surface area contributed by atoms with Gasteiger partial charge in [-0.25, -0.2) is 4.79 Å². The van der Waals surface area contributed by atoms with Crippen molar-refractivity contribution in [2.75, 3.05) is 5.32 Å². The predicted octanol–water partition coefficient (Wildman–Crippen LogP) is 2.07. The van der Waals surface area contributed by atoms with Gasteiger partial charge >= 0.3 is 5.97 Å². The van der Waals surface area contributed by atoms with Gasteiger partial charge in [0.2, 0.25) is 5.91 Å². The lowest BCUT2D eigenvalue weighted by Gasteiger charge is -2.17. The average Bonchev–Trinajstić information content (AvgIpc) is 2.40. The molecule has 0 aliphatic heterocycles. The third-order valence-corrected chi connectivity index (χ3v) is 2.89. The number of hydrogen-bond acceptors (Lipinski definition) is 3. The molecule has 5 heteroatoms. The summed E-state index contributed by atoms with van der Waals surface area (Å²) in [6.45, 7) is 0. The second-order valence-electron chi connectivity index (χ2n) is 4.24. The Hall–Kier alpha value is -2.17. The van der Waals surface area contributed by atoms with Crippen LogP contribution in [-0.4, -0.2) is 22.0 Å². The van der Waals surface area contributed by atoms with Gasteiger partial charge in [-0.05, 0) is 25.3 Å². The number of allylic oxidation sites excluding steroid dienone is 2. The molecule has 0 saturated heterocycles. The number of pyridine rings is 1. The van der Waals surface area contributed by atoms with E-state index in [-0.39, 0.29) is 17.4 Å². The van der Waals surface area contributed by atoms with Crippen LogP contribution >= 0.6 is 0 Å². The zero-order valence-electron chi connectivity index (χ0n) is 9.80. The highest BCUT2D eigenvalue weighted by atomic mass is 16.4. The average molecular weight is 246 g/mol. The molecule has 1 amide bonds. The molecule has 18 heavy (non-hydrogen) atoms. The van der Waals surface area contributed by atoms with Gasteiger partial charge in [0.1, 0.15) is 0 Å². The minimum Gasteiger partial charge on any atom is -0.478 e. The van der Waals surface area contributed by atoms with Crippen molar-refractivity contribution >= 4 is 17.6 Å². The molecule has 1 aromatic rings. The summed E-state index contributed by atoms with van der Waals surface area (Å²) >= 11 is 0. The predicted molar refractivity (Wildman–Crippen MR) is 66.3 cm³/mol. The number of nitrogens with zero attached hydrogens (tertiary/aromatic N) is 1. The largest absolute Gasteiger partial charge is 0.478 e. The fourth-order valence-corrected chi connectivity index (χ4v) is 1.90. The van der Waals surface area contributed by atoms with Crippen molar-refractivity contribution in [2.45, 2.75) is 19.3 Å². The van der Waals surface area contributed by atoms with E-state index < -0.39 is 5.97 Å². The highest BCUT2D eigenvalue weighted by Gasteiger charge is 2.19. The zero-order valence-corrected chi connectivity index (χ0v) is 9.80. The summed E-state index contributed by atoms with van der Waals surface area (Å²) in [6.07, 6.45) is 9.23. The van der Waals surface area contributed by atoms with Gasteiger partial charge in [-0.1, -0.05) is 12.2 Å². The molecule has 0 radical (unpaired) electrons. The number of hydrogen-bond donors (Lipinski definition) is 2. The van der Waals surface area contributed by atoms with Gasteiger partial charge < -0.3 is 10.4 Å². The van der Waals surface area contributed by atoms with Gasteiger partial charge in [0.05, 0.1) is 17.4 Å². The third-order valence-electron chi connectivity index (χ3n) is 2.89. The molecular formula is C13H14N2O3. The quantitative estimate of drug-likeness (QED) is 0.800. The normalized spacial score (nSPS) is 18.3. The fourth-order valence-electron chi connectivity index (χ4n) is 1.90. The first-order chi connectivity index (χ1) is 8.66. The van der Waals surface area contributed by atoms with Crippen molar-refractivity contribution in [3.8, 4) is 0 Å². The molecular weight excluding hydrogens is 232 g/mol.